The lowest BCUT2D eigenvalue weighted by Crippen LogP contribution is -2.46. The lowest BCUT2D eigenvalue weighted by Gasteiger charge is -2.28. The number of hydrogen-bond donors (Lipinski definition) is 2. The first kappa shape index (κ1) is 15.4. The van der Waals surface area contributed by atoms with Crippen LogP contribution in [0.25, 0.3) is 11.3 Å². The Bertz CT molecular complexity index is 552. The molecular formula is C15H19N3S3. The predicted octanol–water partition coefficient (Wildman–Crippen LogP) is 3.03. The summed E-state index contributed by atoms with van der Waals surface area (Å²) in [6.07, 6.45) is 0.909. The van der Waals surface area contributed by atoms with Gasteiger partial charge in [0.2, 0.25) is 0 Å². The van der Waals surface area contributed by atoms with E-state index in [2.05, 4.69) is 35.1 Å². The van der Waals surface area contributed by atoms with Crippen LogP contribution in [0.4, 0.5) is 0 Å². The quantitative estimate of drug-likeness (QED) is 0.649. The molecule has 0 bridgehead atoms. The smallest absolute Gasteiger partial charge is 0.0949 e. The molecule has 112 valence electrons. The van der Waals surface area contributed by atoms with Crippen molar-refractivity contribution in [2.45, 2.75) is 17.7 Å². The van der Waals surface area contributed by atoms with Crippen LogP contribution in [0.3, 0.4) is 0 Å². The van der Waals surface area contributed by atoms with Crippen molar-refractivity contribution in [3.63, 3.8) is 0 Å². The SMILES string of the molecule is NNC(Cc1nc(-c2ccccc2)cs1)C1CSCCS1. The number of rotatable bonds is 5. The maximum absolute atomic E-state index is 5.77. The Morgan fingerprint density at radius 2 is 2.14 bits per heavy atom. The summed E-state index contributed by atoms with van der Waals surface area (Å²) in [5.74, 6) is 9.43. The molecule has 1 aliphatic rings. The first-order valence-electron chi connectivity index (χ1n) is 7.02. The molecule has 0 radical (unpaired) electrons. The lowest BCUT2D eigenvalue weighted by atomic mass is 10.1. The summed E-state index contributed by atoms with van der Waals surface area (Å²) in [7, 11) is 0. The maximum Gasteiger partial charge on any atom is 0.0949 e. The minimum Gasteiger partial charge on any atom is -0.271 e. The van der Waals surface area contributed by atoms with Crippen LogP contribution in [-0.4, -0.2) is 33.5 Å². The van der Waals surface area contributed by atoms with Gasteiger partial charge in [0.25, 0.3) is 0 Å². The molecule has 3 nitrogen and oxygen atoms in total. The van der Waals surface area contributed by atoms with E-state index >= 15 is 0 Å². The Labute approximate surface area is 138 Å². The third kappa shape index (κ3) is 4.02. The number of thiazole rings is 1. The Morgan fingerprint density at radius 1 is 1.29 bits per heavy atom. The van der Waals surface area contributed by atoms with Crippen LogP contribution < -0.4 is 11.3 Å². The molecule has 2 atom stereocenters. The monoisotopic (exact) mass is 337 g/mol. The van der Waals surface area contributed by atoms with Crippen molar-refractivity contribution >= 4 is 34.9 Å². The first-order valence-corrected chi connectivity index (χ1v) is 10.1. The second-order valence-electron chi connectivity index (χ2n) is 4.95. The Morgan fingerprint density at radius 3 is 2.86 bits per heavy atom. The van der Waals surface area contributed by atoms with Gasteiger partial charge in [0.05, 0.1) is 10.7 Å². The zero-order valence-corrected chi connectivity index (χ0v) is 14.1. The number of aromatic nitrogens is 1. The number of nitrogens with two attached hydrogens (primary N) is 1. The van der Waals surface area contributed by atoms with E-state index in [0.717, 1.165) is 17.1 Å². The van der Waals surface area contributed by atoms with Gasteiger partial charge in [0.1, 0.15) is 0 Å². The van der Waals surface area contributed by atoms with Crippen LogP contribution >= 0.6 is 34.9 Å². The van der Waals surface area contributed by atoms with E-state index in [4.69, 9.17) is 10.8 Å². The molecule has 0 saturated carbocycles. The van der Waals surface area contributed by atoms with Crippen molar-refractivity contribution < 1.29 is 0 Å². The largest absolute Gasteiger partial charge is 0.271 e. The number of nitrogens with one attached hydrogen (secondary N) is 1. The Hall–Kier alpha value is -0.530. The van der Waals surface area contributed by atoms with Crippen LogP contribution in [0.2, 0.25) is 0 Å². The fourth-order valence-corrected chi connectivity index (χ4v) is 6.10. The molecule has 2 unspecified atom stereocenters. The standard InChI is InChI=1S/C15H19N3S3/c16-18-12(14-10-19-6-7-20-14)8-15-17-13(9-21-15)11-4-2-1-3-5-11/h1-5,9,12,14,18H,6-8,10,16H2. The van der Waals surface area contributed by atoms with E-state index in [1.807, 2.05) is 29.6 Å². The molecule has 2 aromatic rings. The normalized spacial score (nSPS) is 20.3. The highest BCUT2D eigenvalue weighted by Crippen LogP contribution is 2.29. The highest BCUT2D eigenvalue weighted by molar-refractivity contribution is 8.06. The number of thioether (sulfide) groups is 2. The van der Waals surface area contributed by atoms with Gasteiger partial charge < -0.3 is 0 Å². The zero-order valence-electron chi connectivity index (χ0n) is 11.7. The van der Waals surface area contributed by atoms with Crippen molar-refractivity contribution in [2.24, 2.45) is 5.84 Å². The van der Waals surface area contributed by atoms with Crippen LogP contribution in [-0.2, 0) is 6.42 Å². The molecule has 0 amide bonds. The molecular weight excluding hydrogens is 318 g/mol. The van der Waals surface area contributed by atoms with E-state index in [-0.39, 0.29) is 0 Å². The van der Waals surface area contributed by atoms with Crippen LogP contribution in [0.5, 0.6) is 0 Å². The first-order chi connectivity index (χ1) is 10.4. The third-order valence-electron chi connectivity index (χ3n) is 3.52. The van der Waals surface area contributed by atoms with Gasteiger partial charge in [-0.3, -0.25) is 11.3 Å². The molecule has 1 saturated heterocycles. The van der Waals surface area contributed by atoms with Gasteiger partial charge in [-0.05, 0) is 0 Å². The molecule has 21 heavy (non-hydrogen) atoms. The number of nitrogens with zero attached hydrogens (tertiary/aromatic N) is 1. The molecule has 1 aromatic carbocycles. The highest BCUT2D eigenvalue weighted by Gasteiger charge is 2.24. The van der Waals surface area contributed by atoms with Crippen molar-refractivity contribution in [1.29, 1.82) is 0 Å². The molecule has 1 aliphatic heterocycles. The second-order valence-corrected chi connectivity index (χ2v) is 8.39. The molecule has 1 fully saturated rings. The fraction of sp³-hybridized carbons (Fsp3) is 0.400. The molecule has 3 rings (SSSR count). The average molecular weight is 338 g/mol. The minimum absolute atomic E-state index is 0.303. The summed E-state index contributed by atoms with van der Waals surface area (Å²) in [5, 5.41) is 3.88. The van der Waals surface area contributed by atoms with Gasteiger partial charge in [-0.2, -0.15) is 23.5 Å². The predicted molar refractivity (Wildman–Crippen MR) is 95.9 cm³/mol. The summed E-state index contributed by atoms with van der Waals surface area (Å²) in [6, 6.07) is 10.6. The summed E-state index contributed by atoms with van der Waals surface area (Å²) in [5.41, 5.74) is 5.25. The number of hydrazine groups is 1. The van der Waals surface area contributed by atoms with Crippen LogP contribution in [0.1, 0.15) is 5.01 Å². The average Bonchev–Trinajstić information content (AvgIpc) is 3.03. The van der Waals surface area contributed by atoms with E-state index in [1.54, 1.807) is 11.3 Å². The molecule has 3 N–H and O–H groups in total. The summed E-state index contributed by atoms with van der Waals surface area (Å²) in [6.45, 7) is 0. The summed E-state index contributed by atoms with van der Waals surface area (Å²) < 4.78 is 0. The van der Waals surface area contributed by atoms with Gasteiger partial charge >= 0.3 is 0 Å². The van der Waals surface area contributed by atoms with E-state index in [9.17, 15) is 0 Å². The van der Waals surface area contributed by atoms with E-state index in [0.29, 0.717) is 11.3 Å². The molecule has 2 heterocycles. The molecule has 0 spiro atoms. The Balaban J connectivity index is 1.68. The molecule has 6 heteroatoms. The van der Waals surface area contributed by atoms with Crippen LogP contribution in [0, 0.1) is 0 Å². The van der Waals surface area contributed by atoms with E-state index < -0.39 is 0 Å². The topological polar surface area (TPSA) is 50.9 Å². The van der Waals surface area contributed by atoms with Crippen molar-refractivity contribution in [2.75, 3.05) is 17.3 Å². The van der Waals surface area contributed by atoms with Crippen molar-refractivity contribution in [3.8, 4) is 11.3 Å². The van der Waals surface area contributed by atoms with Gasteiger partial charge in [0.15, 0.2) is 0 Å². The van der Waals surface area contributed by atoms with Crippen molar-refractivity contribution in [1.82, 2.24) is 10.4 Å². The Kier molecular flexibility index (Phi) is 5.60. The van der Waals surface area contributed by atoms with Gasteiger partial charge in [0, 0.05) is 45.9 Å². The number of hydrogen-bond acceptors (Lipinski definition) is 6. The highest BCUT2D eigenvalue weighted by atomic mass is 32.2. The molecule has 1 aromatic heterocycles. The lowest BCUT2D eigenvalue weighted by molar-refractivity contribution is 0.522. The summed E-state index contributed by atoms with van der Waals surface area (Å²) in [4.78, 5) is 4.77. The molecule has 0 aliphatic carbocycles. The second kappa shape index (κ2) is 7.65. The third-order valence-corrected chi connectivity index (χ3v) is 7.31. The fourth-order valence-electron chi connectivity index (χ4n) is 2.37. The van der Waals surface area contributed by atoms with Gasteiger partial charge in [-0.15, -0.1) is 11.3 Å². The summed E-state index contributed by atoms with van der Waals surface area (Å²) >= 11 is 5.79. The minimum atomic E-state index is 0.303. The number of benzene rings is 1. The van der Waals surface area contributed by atoms with Crippen molar-refractivity contribution in [3.05, 3.63) is 40.7 Å². The van der Waals surface area contributed by atoms with Crippen LogP contribution in [0.15, 0.2) is 35.7 Å². The maximum atomic E-state index is 5.77. The van der Waals surface area contributed by atoms with E-state index in [1.165, 1.54) is 22.8 Å². The van der Waals surface area contributed by atoms with Gasteiger partial charge in [-0.25, -0.2) is 4.98 Å². The zero-order chi connectivity index (χ0) is 14.5. The van der Waals surface area contributed by atoms with Gasteiger partial charge in [-0.1, -0.05) is 30.3 Å².